The van der Waals surface area contributed by atoms with Gasteiger partial charge in [-0.3, -0.25) is 29.5 Å². The molecule has 9 rings (SSSR count). The number of allylic oxidation sites excluding steroid dienone is 2. The van der Waals surface area contributed by atoms with Crippen molar-refractivity contribution in [1.82, 2.24) is 9.99 Å². The number of nitrogens with zero attached hydrogens (tertiary/aromatic N) is 3. The molecule has 66 heavy (non-hydrogen) atoms. The maximum atomic E-state index is 15.5. The van der Waals surface area contributed by atoms with Crippen LogP contribution in [0.3, 0.4) is 0 Å². The fourth-order valence-corrected chi connectivity index (χ4v) is 10.5. The lowest BCUT2D eigenvalue weighted by Crippen LogP contribution is -2.53. The number of halogens is 5. The molecule has 0 unspecified atom stereocenters. The number of methoxy groups -OCH3 is 3. The summed E-state index contributed by atoms with van der Waals surface area (Å²) in [4.78, 5) is 64.8. The van der Waals surface area contributed by atoms with E-state index in [0.717, 1.165) is 11.1 Å². The van der Waals surface area contributed by atoms with E-state index in [1.54, 1.807) is 87.0 Å². The number of imide groups is 2. The fraction of sp³-hybridized carbons (Fsp3) is 0.245. The Kier molecular flexibility index (Phi) is 11.3. The number of nitrogens with one attached hydrogen (secondary N) is 1. The summed E-state index contributed by atoms with van der Waals surface area (Å²) in [6.45, 7) is 0. The Balaban J connectivity index is 1.12. The number of aromatic hydroxyl groups is 1. The molecular formula is C49H39Cl2F3N4O8. The molecule has 1 aromatic heterocycles. The van der Waals surface area contributed by atoms with Crippen molar-refractivity contribution in [3.8, 4) is 23.0 Å². The van der Waals surface area contributed by atoms with E-state index in [0.29, 0.717) is 56.4 Å². The second kappa shape index (κ2) is 16.9. The molecule has 1 saturated carbocycles. The van der Waals surface area contributed by atoms with Crippen LogP contribution in [-0.2, 0) is 30.8 Å². The molecule has 17 heteroatoms. The summed E-state index contributed by atoms with van der Waals surface area (Å²) in [6, 6.07) is 23.8. The Morgan fingerprint density at radius 3 is 2.17 bits per heavy atom. The molecule has 338 valence electrons. The average molecular weight is 940 g/mol. The van der Waals surface area contributed by atoms with Crippen LogP contribution in [0.15, 0.2) is 109 Å². The predicted molar refractivity (Wildman–Crippen MR) is 239 cm³/mol. The van der Waals surface area contributed by atoms with Crippen molar-refractivity contribution in [2.75, 3.05) is 31.7 Å². The van der Waals surface area contributed by atoms with Crippen LogP contribution in [0.4, 0.5) is 24.7 Å². The Labute approximate surface area is 386 Å². The number of hydrazine groups is 1. The Morgan fingerprint density at radius 1 is 0.818 bits per heavy atom. The van der Waals surface area contributed by atoms with Crippen LogP contribution in [-0.4, -0.2) is 60.1 Å². The number of pyridine rings is 1. The van der Waals surface area contributed by atoms with E-state index in [4.69, 9.17) is 37.4 Å². The normalized spacial score (nSPS) is 23.7. The summed E-state index contributed by atoms with van der Waals surface area (Å²) in [5.74, 6) is -6.63. The zero-order chi connectivity index (χ0) is 46.8. The van der Waals surface area contributed by atoms with Crippen molar-refractivity contribution >= 4 is 70.5 Å². The molecule has 4 aliphatic rings. The number of anilines is 2. The van der Waals surface area contributed by atoms with Gasteiger partial charge in [-0.2, -0.15) is 18.2 Å². The Hall–Kier alpha value is -6.84. The van der Waals surface area contributed by atoms with Gasteiger partial charge in [0.1, 0.15) is 23.0 Å². The maximum absolute atomic E-state index is 15.5. The first-order valence-electron chi connectivity index (χ1n) is 20.7. The quantitative estimate of drug-likeness (QED) is 0.0789. The summed E-state index contributed by atoms with van der Waals surface area (Å²) in [7, 11) is 4.56. The molecule has 2 aliphatic heterocycles. The van der Waals surface area contributed by atoms with Crippen LogP contribution in [0.25, 0.3) is 12.2 Å². The SMILES string of the molecule is COc1ccc([C@H]2C3=CC[C@@H]4C(=O)N(c5ccc(C=Cc6cc(OC)ccc6OC)cc5)C(=O)[C@@H]4[C@@H]3C[C@H]3C(=O)N(Nc4ncc(C(F)(F)F)cc4Cl)C(=O)[C@@]23c2ccc(Cl)cc2)c(O)c1. The topological polar surface area (TPSA) is 148 Å². The molecule has 0 bridgehead atoms. The van der Waals surface area contributed by atoms with Gasteiger partial charge in [-0.15, -0.1) is 0 Å². The minimum atomic E-state index is -4.78. The second-order valence-corrected chi connectivity index (χ2v) is 17.2. The lowest BCUT2D eigenvalue weighted by molar-refractivity contribution is -0.139. The molecule has 0 radical (unpaired) electrons. The highest BCUT2D eigenvalue weighted by Crippen LogP contribution is 2.65. The van der Waals surface area contributed by atoms with Crippen molar-refractivity contribution in [1.29, 1.82) is 0 Å². The van der Waals surface area contributed by atoms with Crippen molar-refractivity contribution in [3.63, 3.8) is 0 Å². The molecular weight excluding hydrogens is 900 g/mol. The van der Waals surface area contributed by atoms with Crippen LogP contribution in [0.2, 0.25) is 10.0 Å². The van der Waals surface area contributed by atoms with Gasteiger partial charge < -0.3 is 19.3 Å². The zero-order valence-corrected chi connectivity index (χ0v) is 36.8. The highest BCUT2D eigenvalue weighted by atomic mass is 35.5. The molecule has 5 aromatic rings. The highest BCUT2D eigenvalue weighted by molar-refractivity contribution is 6.33. The van der Waals surface area contributed by atoms with Gasteiger partial charge in [-0.1, -0.05) is 77.3 Å². The number of alkyl halides is 3. The monoisotopic (exact) mass is 938 g/mol. The number of hydrogen-bond acceptors (Lipinski definition) is 10. The number of phenolic OH excluding ortho intramolecular Hbond substituents is 1. The molecule has 6 atom stereocenters. The average Bonchev–Trinajstić information content (AvgIpc) is 3.69. The van der Waals surface area contributed by atoms with Crippen LogP contribution in [0.1, 0.15) is 46.6 Å². The van der Waals surface area contributed by atoms with Crippen LogP contribution < -0.4 is 24.5 Å². The van der Waals surface area contributed by atoms with E-state index in [-0.39, 0.29) is 24.2 Å². The van der Waals surface area contributed by atoms with Gasteiger partial charge in [0.15, 0.2) is 5.82 Å². The summed E-state index contributed by atoms with van der Waals surface area (Å²) in [5, 5.41) is 12.3. The van der Waals surface area contributed by atoms with Gasteiger partial charge in [0, 0.05) is 34.3 Å². The smallest absolute Gasteiger partial charge is 0.417 e. The van der Waals surface area contributed by atoms with Crippen molar-refractivity contribution in [3.05, 3.63) is 147 Å². The van der Waals surface area contributed by atoms with Crippen molar-refractivity contribution < 1.29 is 51.7 Å². The summed E-state index contributed by atoms with van der Waals surface area (Å²) in [5.41, 5.74) is 2.61. The van der Waals surface area contributed by atoms with E-state index >= 15 is 9.59 Å². The number of carbonyl (C=O) groups excluding carboxylic acids is 4. The third-order valence-electron chi connectivity index (χ3n) is 13.1. The van der Waals surface area contributed by atoms with Gasteiger partial charge in [0.25, 0.3) is 11.8 Å². The molecule has 3 heterocycles. The molecule has 3 fully saturated rings. The number of rotatable bonds is 10. The van der Waals surface area contributed by atoms with Crippen molar-refractivity contribution in [2.45, 2.75) is 30.4 Å². The van der Waals surface area contributed by atoms with Crippen LogP contribution in [0, 0.1) is 23.7 Å². The Morgan fingerprint density at radius 2 is 1.52 bits per heavy atom. The standard InChI is InChI=1S/C49H39Cl2F3N4O8/c1-64-31-15-19-40(66-3)26(20-31)7-4-25-5-12-30(13-6-25)57-44(60)35-18-17-33-36(41(35)46(57)62)23-37-45(61)58(56-43-38(51)21-28(24-55-43)49(52,53)54)47(63)48(37,27-8-10-29(50)11-9-27)42(33)34-16-14-32(65-2)22-39(34)59/h4-17,19-22,24,35-37,41-42,59H,18,23H2,1-3H3,(H,55,56)/t35-,36+,37-,41-,42+,48+/m0/s1. The molecule has 2 N–H and O–H groups in total. The Bertz CT molecular complexity index is 2870. The van der Waals surface area contributed by atoms with E-state index < -0.39 is 81.2 Å². The highest BCUT2D eigenvalue weighted by Gasteiger charge is 2.70. The molecule has 4 amide bonds. The fourth-order valence-electron chi connectivity index (χ4n) is 10.2. The molecule has 0 spiro atoms. The number of fused-ring (bicyclic) bond motifs is 4. The van der Waals surface area contributed by atoms with Crippen LogP contribution in [0.5, 0.6) is 23.0 Å². The predicted octanol–water partition coefficient (Wildman–Crippen LogP) is 9.50. The van der Waals surface area contributed by atoms with Gasteiger partial charge in [-0.25, -0.2) is 4.98 Å². The number of benzene rings is 4. The van der Waals surface area contributed by atoms with E-state index in [1.165, 1.54) is 18.1 Å². The maximum Gasteiger partial charge on any atom is 0.417 e. The molecule has 2 saturated heterocycles. The lowest BCUT2D eigenvalue weighted by atomic mass is 9.49. The zero-order valence-electron chi connectivity index (χ0n) is 35.3. The molecule has 12 nitrogen and oxygen atoms in total. The van der Waals surface area contributed by atoms with Gasteiger partial charge in [0.05, 0.1) is 60.8 Å². The first-order chi connectivity index (χ1) is 31.6. The summed E-state index contributed by atoms with van der Waals surface area (Å²) < 4.78 is 57.0. The summed E-state index contributed by atoms with van der Waals surface area (Å²) >= 11 is 12.7. The molecule has 4 aromatic carbocycles. The van der Waals surface area contributed by atoms with Crippen molar-refractivity contribution in [2.24, 2.45) is 23.7 Å². The van der Waals surface area contributed by atoms with E-state index in [2.05, 4.69) is 10.4 Å². The van der Waals surface area contributed by atoms with E-state index in [1.807, 2.05) is 24.3 Å². The number of aromatic nitrogens is 1. The second-order valence-electron chi connectivity index (χ2n) is 16.4. The first kappa shape index (κ1) is 44.4. The number of ether oxygens (including phenoxy) is 3. The first-order valence-corrected chi connectivity index (χ1v) is 21.4. The largest absolute Gasteiger partial charge is 0.508 e. The number of carbonyl (C=O) groups is 4. The lowest BCUT2D eigenvalue weighted by Gasteiger charge is -2.50. The van der Waals surface area contributed by atoms with E-state index in [9.17, 15) is 27.9 Å². The van der Waals surface area contributed by atoms with Gasteiger partial charge in [0.2, 0.25) is 11.8 Å². The number of amides is 4. The number of hydrogen-bond donors (Lipinski definition) is 2. The minimum Gasteiger partial charge on any atom is -0.508 e. The number of phenols is 1. The van der Waals surface area contributed by atoms with Gasteiger partial charge in [-0.05, 0) is 84.5 Å². The van der Waals surface area contributed by atoms with Gasteiger partial charge >= 0.3 is 6.18 Å². The molecule has 2 aliphatic carbocycles. The van der Waals surface area contributed by atoms with Crippen LogP contribution >= 0.6 is 23.2 Å². The minimum absolute atomic E-state index is 0.102. The third-order valence-corrected chi connectivity index (χ3v) is 13.7. The summed E-state index contributed by atoms with van der Waals surface area (Å²) in [6.07, 6.45) is 1.28. The third kappa shape index (κ3) is 7.21.